The number of carboxylic acids is 1. The molecule has 0 unspecified atom stereocenters. The number of carbonyl (C=O) groups is 2. The molecule has 0 atom stereocenters. The molecule has 40 heavy (non-hydrogen) atoms. The Morgan fingerprint density at radius 3 is 2.02 bits per heavy atom. The van der Waals surface area contributed by atoms with Gasteiger partial charge in [-0.1, -0.05) is 48.0 Å². The quantitative estimate of drug-likeness (QED) is 0.439. The number of pyridine rings is 1. The van der Waals surface area contributed by atoms with Gasteiger partial charge in [0.2, 0.25) is 15.9 Å². The first-order valence-corrected chi connectivity index (χ1v) is 13.7. The monoisotopic (exact) mass is 598 g/mol. The van der Waals surface area contributed by atoms with E-state index in [1.807, 2.05) is 48.5 Å². The van der Waals surface area contributed by atoms with Gasteiger partial charge in [0.05, 0.1) is 11.4 Å². The van der Waals surface area contributed by atoms with Crippen molar-refractivity contribution in [1.82, 2.24) is 14.2 Å². The molecule has 0 bridgehead atoms. The number of hydrogen-bond donors (Lipinski definition) is 1. The van der Waals surface area contributed by atoms with Gasteiger partial charge in [-0.3, -0.25) is 4.79 Å². The summed E-state index contributed by atoms with van der Waals surface area (Å²) in [6.45, 7) is 2.18. The van der Waals surface area contributed by atoms with E-state index in [-0.39, 0.29) is 23.9 Å². The lowest BCUT2D eigenvalue weighted by Crippen LogP contribution is -2.52. The van der Waals surface area contributed by atoms with Crippen molar-refractivity contribution < 1.29 is 36.3 Å². The van der Waals surface area contributed by atoms with Crippen molar-refractivity contribution in [2.24, 2.45) is 0 Å². The van der Waals surface area contributed by atoms with E-state index in [2.05, 4.69) is 9.88 Å². The van der Waals surface area contributed by atoms with E-state index < -0.39 is 22.2 Å². The van der Waals surface area contributed by atoms with Crippen LogP contribution < -0.4 is 4.90 Å². The van der Waals surface area contributed by atoms with Crippen molar-refractivity contribution in [3.05, 3.63) is 89.6 Å². The summed E-state index contributed by atoms with van der Waals surface area (Å²) >= 11 is 5.94. The Balaban J connectivity index is 0.000000559. The molecule has 0 radical (unpaired) electrons. The van der Waals surface area contributed by atoms with E-state index in [4.69, 9.17) is 21.5 Å². The number of hydrogen-bond acceptors (Lipinski definition) is 6. The first-order valence-electron chi connectivity index (χ1n) is 11.9. The van der Waals surface area contributed by atoms with E-state index in [0.29, 0.717) is 31.2 Å². The molecule has 1 aromatic heterocycles. The second-order valence-corrected chi connectivity index (χ2v) is 10.9. The third kappa shape index (κ3) is 8.66. The molecule has 0 aliphatic carbocycles. The molecule has 4 rings (SSSR count). The highest BCUT2D eigenvalue weighted by atomic mass is 35.5. The smallest absolute Gasteiger partial charge is 0.475 e. The Labute approximate surface area is 234 Å². The molecular formula is C26H26ClF3N4O5S. The fraction of sp³-hybridized carbons (Fsp3) is 0.269. The standard InChI is InChI=1S/C24H25ClN4O3S.C2HF3O2/c25-21-9-11-22(12-10-21)33(31,32)29(18-20-6-2-1-3-7-20)19-24(30)28-16-14-27(15-17-28)23-8-4-5-13-26-23;3-2(4,5)1(6)7/h1-13H,14-19H2;(H,6,7). The highest BCUT2D eigenvalue weighted by Crippen LogP contribution is 2.21. The number of aliphatic carboxylic acids is 1. The summed E-state index contributed by atoms with van der Waals surface area (Å²) < 4.78 is 59.8. The predicted molar refractivity (Wildman–Crippen MR) is 142 cm³/mol. The number of rotatable bonds is 7. The number of alkyl halides is 3. The van der Waals surface area contributed by atoms with Crippen LogP contribution in [-0.4, -0.2) is 78.5 Å². The molecule has 9 nitrogen and oxygen atoms in total. The van der Waals surface area contributed by atoms with Crippen LogP contribution in [0.4, 0.5) is 19.0 Å². The van der Waals surface area contributed by atoms with Crippen molar-refractivity contribution in [1.29, 1.82) is 0 Å². The summed E-state index contributed by atoms with van der Waals surface area (Å²) in [4.78, 5) is 30.3. The summed E-state index contributed by atoms with van der Waals surface area (Å²) in [5, 5.41) is 7.57. The Kier molecular flexibility index (Phi) is 10.5. The molecule has 2 aromatic carbocycles. The lowest BCUT2D eigenvalue weighted by atomic mass is 10.2. The molecular weight excluding hydrogens is 573 g/mol. The molecule has 2 heterocycles. The molecule has 1 aliphatic heterocycles. The maximum Gasteiger partial charge on any atom is 0.490 e. The normalized spacial score (nSPS) is 13.9. The van der Waals surface area contributed by atoms with Gasteiger partial charge in [0.1, 0.15) is 5.82 Å². The van der Waals surface area contributed by atoms with Gasteiger partial charge in [0.15, 0.2) is 0 Å². The number of benzene rings is 2. The fourth-order valence-corrected chi connectivity index (χ4v) is 5.25. The zero-order valence-electron chi connectivity index (χ0n) is 21.0. The van der Waals surface area contributed by atoms with E-state index >= 15 is 0 Å². The summed E-state index contributed by atoms with van der Waals surface area (Å²) in [5.74, 6) is -2.10. The third-order valence-corrected chi connectivity index (χ3v) is 7.87. The Morgan fingerprint density at radius 2 is 1.50 bits per heavy atom. The van der Waals surface area contributed by atoms with Crippen molar-refractivity contribution in [2.75, 3.05) is 37.6 Å². The molecule has 1 saturated heterocycles. The molecule has 1 amide bonds. The minimum atomic E-state index is -5.08. The minimum absolute atomic E-state index is 0.103. The van der Waals surface area contributed by atoms with Gasteiger partial charge in [-0.2, -0.15) is 17.5 Å². The SMILES string of the molecule is O=C(CN(Cc1ccccc1)S(=O)(=O)c1ccc(Cl)cc1)N1CCN(c2ccccn2)CC1.O=C(O)C(F)(F)F. The van der Waals surface area contributed by atoms with E-state index in [1.54, 1.807) is 11.1 Å². The molecule has 1 N–H and O–H groups in total. The van der Waals surface area contributed by atoms with Gasteiger partial charge in [0.25, 0.3) is 0 Å². The van der Waals surface area contributed by atoms with E-state index in [9.17, 15) is 26.4 Å². The Morgan fingerprint density at radius 1 is 0.925 bits per heavy atom. The zero-order chi connectivity index (χ0) is 29.3. The van der Waals surface area contributed by atoms with Gasteiger partial charge >= 0.3 is 12.1 Å². The zero-order valence-corrected chi connectivity index (χ0v) is 22.6. The largest absolute Gasteiger partial charge is 0.490 e. The molecule has 0 saturated carbocycles. The molecule has 214 valence electrons. The number of nitrogens with zero attached hydrogens (tertiary/aromatic N) is 4. The van der Waals surface area contributed by atoms with Gasteiger partial charge < -0.3 is 14.9 Å². The van der Waals surface area contributed by atoms with Gasteiger partial charge in [-0.25, -0.2) is 18.2 Å². The third-order valence-electron chi connectivity index (χ3n) is 5.81. The van der Waals surface area contributed by atoms with Crippen LogP contribution in [0.1, 0.15) is 5.56 Å². The minimum Gasteiger partial charge on any atom is -0.475 e. The number of anilines is 1. The number of aromatic nitrogens is 1. The van der Waals surface area contributed by atoms with Crippen molar-refractivity contribution in [3.8, 4) is 0 Å². The maximum atomic E-state index is 13.4. The number of carboxylic acid groups (broad SMARTS) is 1. The van der Waals surface area contributed by atoms with E-state index in [1.165, 1.54) is 28.6 Å². The first-order chi connectivity index (χ1) is 18.9. The Hall–Kier alpha value is -3.68. The van der Waals surface area contributed by atoms with Crippen LogP contribution in [0.15, 0.2) is 83.9 Å². The number of carbonyl (C=O) groups excluding carboxylic acids is 1. The topological polar surface area (TPSA) is 111 Å². The summed E-state index contributed by atoms with van der Waals surface area (Å²) in [6.07, 6.45) is -3.34. The summed E-state index contributed by atoms with van der Waals surface area (Å²) in [6, 6.07) is 21.0. The highest BCUT2D eigenvalue weighted by Gasteiger charge is 2.38. The van der Waals surface area contributed by atoms with Crippen LogP contribution in [0.3, 0.4) is 0 Å². The fourth-order valence-electron chi connectivity index (χ4n) is 3.75. The second-order valence-electron chi connectivity index (χ2n) is 8.57. The average Bonchev–Trinajstić information content (AvgIpc) is 2.94. The average molecular weight is 599 g/mol. The summed E-state index contributed by atoms with van der Waals surface area (Å²) in [5.41, 5.74) is 0.808. The van der Waals surface area contributed by atoms with E-state index in [0.717, 1.165) is 11.4 Å². The van der Waals surface area contributed by atoms with Crippen LogP contribution >= 0.6 is 11.6 Å². The van der Waals surface area contributed by atoms with Gasteiger partial charge in [-0.15, -0.1) is 0 Å². The van der Waals surface area contributed by atoms with Gasteiger partial charge in [0, 0.05) is 43.9 Å². The molecule has 1 fully saturated rings. The molecule has 1 aliphatic rings. The van der Waals surface area contributed by atoms with Gasteiger partial charge in [-0.05, 0) is 42.0 Å². The number of piperazine rings is 1. The Bertz CT molecular complexity index is 1370. The maximum absolute atomic E-state index is 13.4. The molecule has 14 heteroatoms. The highest BCUT2D eigenvalue weighted by molar-refractivity contribution is 7.89. The van der Waals surface area contributed by atoms with Crippen LogP contribution in [0.25, 0.3) is 0 Å². The number of sulfonamides is 1. The van der Waals surface area contributed by atoms with Crippen molar-refractivity contribution in [3.63, 3.8) is 0 Å². The van der Waals surface area contributed by atoms with Crippen LogP contribution in [-0.2, 0) is 26.2 Å². The first kappa shape index (κ1) is 30.9. The predicted octanol–water partition coefficient (Wildman–Crippen LogP) is 3.91. The van der Waals surface area contributed by atoms with Crippen LogP contribution in [0.5, 0.6) is 0 Å². The van der Waals surface area contributed by atoms with Crippen molar-refractivity contribution in [2.45, 2.75) is 17.6 Å². The lowest BCUT2D eigenvalue weighted by molar-refractivity contribution is -0.192. The number of amides is 1. The second kappa shape index (κ2) is 13.6. The molecule has 0 spiro atoms. The van der Waals surface area contributed by atoms with Crippen LogP contribution in [0, 0.1) is 0 Å². The molecule has 3 aromatic rings. The number of halogens is 4. The van der Waals surface area contributed by atoms with Crippen LogP contribution in [0.2, 0.25) is 5.02 Å². The van der Waals surface area contributed by atoms with Crippen molar-refractivity contribution >= 4 is 39.3 Å². The lowest BCUT2D eigenvalue weighted by Gasteiger charge is -2.36. The summed E-state index contributed by atoms with van der Waals surface area (Å²) in [7, 11) is -3.90.